The summed E-state index contributed by atoms with van der Waals surface area (Å²) in [6, 6.07) is 8.20. The number of hydrogen-bond acceptors (Lipinski definition) is 3. The minimum atomic E-state index is 0.301. The molecule has 2 aliphatic carbocycles. The Labute approximate surface area is 144 Å². The van der Waals surface area contributed by atoms with E-state index in [4.69, 9.17) is 4.74 Å². The van der Waals surface area contributed by atoms with Gasteiger partial charge in [-0.1, -0.05) is 18.6 Å². The van der Waals surface area contributed by atoms with Crippen molar-refractivity contribution < 1.29 is 9.53 Å². The lowest BCUT2D eigenvalue weighted by Crippen LogP contribution is -2.37. The molecule has 4 heteroatoms. The second kappa shape index (κ2) is 6.66. The molecule has 3 fully saturated rings. The highest BCUT2D eigenvalue weighted by atomic mass is 16.5. The number of benzene rings is 1. The topological polar surface area (TPSA) is 41.6 Å². The van der Waals surface area contributed by atoms with Crippen molar-refractivity contribution >= 4 is 11.6 Å². The Bertz CT molecular complexity index is 603. The minimum absolute atomic E-state index is 0.301. The van der Waals surface area contributed by atoms with Gasteiger partial charge in [0.25, 0.3) is 0 Å². The van der Waals surface area contributed by atoms with Crippen molar-refractivity contribution in [2.45, 2.75) is 32.1 Å². The van der Waals surface area contributed by atoms with Gasteiger partial charge in [0.15, 0.2) is 0 Å². The fourth-order valence-corrected chi connectivity index (χ4v) is 5.05. The first-order chi connectivity index (χ1) is 11.7. The molecule has 1 heterocycles. The maximum Gasteiger partial charge on any atom is 0.223 e. The van der Waals surface area contributed by atoms with Gasteiger partial charge in [-0.2, -0.15) is 0 Å². The van der Waals surface area contributed by atoms with Crippen molar-refractivity contribution in [1.29, 1.82) is 0 Å². The second-order valence-electron chi connectivity index (χ2n) is 7.80. The van der Waals surface area contributed by atoms with Crippen LogP contribution in [0.5, 0.6) is 5.75 Å². The minimum Gasteiger partial charge on any atom is -0.495 e. The van der Waals surface area contributed by atoms with Crippen molar-refractivity contribution in [3.8, 4) is 5.75 Å². The van der Waals surface area contributed by atoms with Crippen LogP contribution >= 0.6 is 0 Å². The van der Waals surface area contributed by atoms with Gasteiger partial charge in [0, 0.05) is 25.6 Å². The Hall–Kier alpha value is -1.71. The number of amides is 1. The molecule has 4 unspecified atom stereocenters. The van der Waals surface area contributed by atoms with E-state index in [2.05, 4.69) is 22.3 Å². The zero-order valence-corrected chi connectivity index (χ0v) is 14.5. The van der Waals surface area contributed by atoms with Gasteiger partial charge in [0.1, 0.15) is 5.75 Å². The van der Waals surface area contributed by atoms with Crippen LogP contribution < -0.4 is 15.0 Å². The fourth-order valence-electron chi connectivity index (χ4n) is 5.05. The first-order valence-electron chi connectivity index (χ1n) is 9.40. The second-order valence-corrected chi connectivity index (χ2v) is 7.80. The van der Waals surface area contributed by atoms with E-state index in [-0.39, 0.29) is 0 Å². The normalized spacial score (nSPS) is 31.5. The molecule has 1 aromatic rings. The molecule has 1 aliphatic heterocycles. The molecule has 1 aromatic carbocycles. The predicted molar refractivity (Wildman–Crippen MR) is 95.3 cm³/mol. The highest BCUT2D eigenvalue weighted by molar-refractivity contribution is 5.79. The largest absolute Gasteiger partial charge is 0.495 e. The van der Waals surface area contributed by atoms with Crippen LogP contribution in [0.2, 0.25) is 0 Å². The summed E-state index contributed by atoms with van der Waals surface area (Å²) in [4.78, 5) is 14.9. The van der Waals surface area contributed by atoms with Crippen LogP contribution in [-0.4, -0.2) is 32.7 Å². The van der Waals surface area contributed by atoms with E-state index in [1.807, 2.05) is 12.1 Å². The summed E-state index contributed by atoms with van der Waals surface area (Å²) in [5.74, 6) is 3.59. The Morgan fingerprint density at radius 1 is 1.25 bits per heavy atom. The summed E-state index contributed by atoms with van der Waals surface area (Å²) in [6.45, 7) is 2.85. The lowest BCUT2D eigenvalue weighted by atomic mass is 9.88. The third kappa shape index (κ3) is 2.99. The van der Waals surface area contributed by atoms with Gasteiger partial charge in [-0.05, 0) is 55.6 Å². The average Bonchev–Trinajstić information content (AvgIpc) is 3.36. The fraction of sp³-hybridized carbons (Fsp3) is 0.650. The number of ether oxygens (including phenoxy) is 1. The van der Waals surface area contributed by atoms with Crippen LogP contribution in [0.25, 0.3) is 0 Å². The molecule has 4 nitrogen and oxygen atoms in total. The van der Waals surface area contributed by atoms with Crippen LogP contribution in [-0.2, 0) is 4.79 Å². The van der Waals surface area contributed by atoms with E-state index < -0.39 is 0 Å². The van der Waals surface area contributed by atoms with Crippen molar-refractivity contribution in [1.82, 2.24) is 5.32 Å². The van der Waals surface area contributed by atoms with E-state index in [0.29, 0.717) is 23.7 Å². The predicted octanol–water partition coefficient (Wildman–Crippen LogP) is 3.07. The third-order valence-corrected chi connectivity index (χ3v) is 6.35. The Morgan fingerprint density at radius 3 is 2.88 bits per heavy atom. The van der Waals surface area contributed by atoms with Crippen LogP contribution in [0.15, 0.2) is 24.3 Å². The van der Waals surface area contributed by atoms with Crippen LogP contribution in [0.1, 0.15) is 32.1 Å². The number of nitrogens with one attached hydrogen (secondary N) is 1. The third-order valence-electron chi connectivity index (χ3n) is 6.35. The van der Waals surface area contributed by atoms with E-state index in [1.165, 1.54) is 24.9 Å². The highest BCUT2D eigenvalue weighted by Crippen LogP contribution is 2.48. The van der Waals surface area contributed by atoms with Gasteiger partial charge < -0.3 is 15.0 Å². The summed E-state index contributed by atoms with van der Waals surface area (Å²) in [6.07, 6.45) is 6.19. The number of carbonyl (C=O) groups excluding carboxylic acids is 1. The van der Waals surface area contributed by atoms with Crippen molar-refractivity contribution in [2.24, 2.45) is 23.7 Å². The number of para-hydroxylation sites is 2. The summed E-state index contributed by atoms with van der Waals surface area (Å²) in [5.41, 5.74) is 1.17. The van der Waals surface area contributed by atoms with Crippen LogP contribution in [0.4, 0.5) is 5.69 Å². The van der Waals surface area contributed by atoms with E-state index in [9.17, 15) is 4.79 Å². The van der Waals surface area contributed by atoms with Crippen molar-refractivity contribution in [2.75, 3.05) is 31.6 Å². The summed E-state index contributed by atoms with van der Waals surface area (Å²) in [5, 5.41) is 3.26. The molecule has 2 saturated carbocycles. The van der Waals surface area contributed by atoms with Crippen molar-refractivity contribution in [3.63, 3.8) is 0 Å². The summed E-state index contributed by atoms with van der Waals surface area (Å²) < 4.78 is 5.48. The van der Waals surface area contributed by atoms with Gasteiger partial charge in [-0.15, -0.1) is 0 Å². The molecule has 4 atom stereocenters. The number of hydrogen-bond donors (Lipinski definition) is 1. The van der Waals surface area contributed by atoms with Gasteiger partial charge in [-0.3, -0.25) is 4.79 Å². The van der Waals surface area contributed by atoms with Gasteiger partial charge in [0.05, 0.1) is 12.8 Å². The van der Waals surface area contributed by atoms with E-state index >= 15 is 0 Å². The lowest BCUT2D eigenvalue weighted by Gasteiger charge is -2.23. The van der Waals surface area contributed by atoms with Crippen LogP contribution in [0.3, 0.4) is 0 Å². The SMILES string of the molecule is COc1ccccc1N1CCC(CNC(=O)C2CC3CCC2C3)C1. The molecule has 1 saturated heterocycles. The smallest absolute Gasteiger partial charge is 0.223 e. The number of nitrogens with zero attached hydrogens (tertiary/aromatic N) is 1. The zero-order valence-electron chi connectivity index (χ0n) is 14.5. The molecule has 0 radical (unpaired) electrons. The van der Waals surface area contributed by atoms with Gasteiger partial charge >= 0.3 is 0 Å². The number of carbonyl (C=O) groups is 1. The monoisotopic (exact) mass is 328 g/mol. The lowest BCUT2D eigenvalue weighted by molar-refractivity contribution is -0.126. The molecular weight excluding hydrogens is 300 g/mol. The van der Waals surface area contributed by atoms with Crippen molar-refractivity contribution in [3.05, 3.63) is 24.3 Å². The maximum atomic E-state index is 12.5. The first kappa shape index (κ1) is 15.8. The molecule has 130 valence electrons. The Morgan fingerprint density at radius 2 is 2.12 bits per heavy atom. The Balaban J connectivity index is 1.29. The number of fused-ring (bicyclic) bond motifs is 2. The molecule has 0 spiro atoms. The Kier molecular flexibility index (Phi) is 4.38. The number of anilines is 1. The first-order valence-corrected chi connectivity index (χ1v) is 9.40. The zero-order chi connectivity index (χ0) is 16.5. The molecule has 0 aromatic heterocycles. The molecule has 4 rings (SSSR count). The standard InChI is InChI=1S/C20H28N2O2/c1-24-19-5-3-2-4-18(19)22-9-8-15(13-22)12-21-20(23)17-11-14-6-7-16(17)10-14/h2-5,14-17H,6-13H2,1H3,(H,21,23). The molecule has 1 amide bonds. The summed E-state index contributed by atoms with van der Waals surface area (Å²) >= 11 is 0. The molecule has 3 aliphatic rings. The quantitative estimate of drug-likeness (QED) is 0.903. The number of rotatable bonds is 5. The number of methoxy groups -OCH3 is 1. The van der Waals surface area contributed by atoms with E-state index in [1.54, 1.807) is 7.11 Å². The van der Waals surface area contributed by atoms with Crippen LogP contribution in [0, 0.1) is 23.7 Å². The van der Waals surface area contributed by atoms with Gasteiger partial charge in [0.2, 0.25) is 5.91 Å². The molecule has 24 heavy (non-hydrogen) atoms. The molecular formula is C20H28N2O2. The highest BCUT2D eigenvalue weighted by Gasteiger charge is 2.43. The molecule has 1 N–H and O–H groups in total. The summed E-state index contributed by atoms with van der Waals surface area (Å²) in [7, 11) is 1.72. The van der Waals surface area contributed by atoms with Gasteiger partial charge in [-0.25, -0.2) is 0 Å². The average molecular weight is 328 g/mol. The maximum absolute atomic E-state index is 12.5. The molecule has 2 bridgehead atoms. The van der Waals surface area contributed by atoms with E-state index in [0.717, 1.165) is 44.1 Å².